The molecule has 8 heteroatoms. The number of benzene rings is 3. The first-order chi connectivity index (χ1) is 16.9. The summed E-state index contributed by atoms with van der Waals surface area (Å²) in [5, 5.41) is 0. The molecule has 2 aliphatic rings. The number of likely N-dealkylation sites (tertiary alicyclic amines) is 1. The van der Waals surface area contributed by atoms with Crippen molar-refractivity contribution < 1.29 is 23.2 Å². The van der Waals surface area contributed by atoms with E-state index in [1.165, 1.54) is 0 Å². The summed E-state index contributed by atoms with van der Waals surface area (Å²) in [6, 6.07) is 21.8. The Kier molecular flexibility index (Phi) is 6.40. The highest BCUT2D eigenvalue weighted by Crippen LogP contribution is 2.40. The van der Waals surface area contributed by atoms with E-state index in [0.717, 1.165) is 11.1 Å². The summed E-state index contributed by atoms with van der Waals surface area (Å²) in [6.45, 7) is 1.42. The number of hydrogen-bond donors (Lipinski definition) is 1. The highest BCUT2D eigenvalue weighted by molar-refractivity contribution is 7.98. The number of rotatable bonds is 7. The largest absolute Gasteiger partial charge is 0.497 e. The van der Waals surface area contributed by atoms with Gasteiger partial charge in [-0.05, 0) is 53.4 Å². The van der Waals surface area contributed by atoms with Gasteiger partial charge < -0.3 is 19.1 Å². The summed E-state index contributed by atoms with van der Waals surface area (Å²) in [5.41, 5.74) is 1.91. The number of amides is 1. The van der Waals surface area contributed by atoms with Crippen LogP contribution in [0.3, 0.4) is 0 Å². The van der Waals surface area contributed by atoms with Crippen molar-refractivity contribution in [3.63, 3.8) is 0 Å². The van der Waals surface area contributed by atoms with Crippen LogP contribution in [0.2, 0.25) is 0 Å². The molecule has 3 atom stereocenters. The van der Waals surface area contributed by atoms with Crippen LogP contribution < -0.4 is 18.9 Å². The Morgan fingerprint density at radius 1 is 1.03 bits per heavy atom. The second kappa shape index (κ2) is 9.64. The molecule has 1 N–H and O–H groups in total. The van der Waals surface area contributed by atoms with Gasteiger partial charge in [-0.15, -0.1) is 0 Å². The first kappa shape index (κ1) is 23.3. The van der Waals surface area contributed by atoms with Crippen molar-refractivity contribution in [2.75, 3.05) is 20.3 Å². The Morgan fingerprint density at radius 3 is 2.46 bits per heavy atom. The number of nitrogens with zero attached hydrogens (tertiary/aromatic N) is 1. The monoisotopic (exact) mass is 492 g/mol. The quantitative estimate of drug-likeness (QED) is 0.510. The van der Waals surface area contributed by atoms with E-state index in [1.807, 2.05) is 53.4 Å². The second-order valence-electron chi connectivity index (χ2n) is 8.63. The van der Waals surface area contributed by atoms with Crippen molar-refractivity contribution in [3.8, 4) is 17.2 Å². The van der Waals surface area contributed by atoms with Crippen LogP contribution in [0.5, 0.6) is 17.2 Å². The normalized spacial score (nSPS) is 20.9. The Labute approximate surface area is 205 Å². The number of nitrogens with one attached hydrogen (secondary N) is 1. The topological polar surface area (TPSA) is 77.1 Å². The zero-order chi connectivity index (χ0) is 24.4. The summed E-state index contributed by atoms with van der Waals surface area (Å²) in [6.07, 6.45) is 0.203. The minimum Gasteiger partial charge on any atom is -0.497 e. The molecule has 5 rings (SSSR count). The molecular formula is C27H28N2O5S. The van der Waals surface area contributed by atoms with E-state index in [0.29, 0.717) is 41.9 Å². The summed E-state index contributed by atoms with van der Waals surface area (Å²) in [7, 11) is -1.31. The van der Waals surface area contributed by atoms with Gasteiger partial charge in [0.2, 0.25) is 5.91 Å². The van der Waals surface area contributed by atoms with Crippen LogP contribution in [-0.4, -0.2) is 47.3 Å². The lowest BCUT2D eigenvalue weighted by atomic mass is 9.99. The lowest BCUT2D eigenvalue weighted by molar-refractivity contribution is -0.129. The van der Waals surface area contributed by atoms with Crippen LogP contribution in [0.1, 0.15) is 23.6 Å². The standard InChI is InChI=1S/C27H28N2O5S/c1-32-21-9-11-22(12-10-21)35(2,31)28-23-17-26(30)29(18-19-6-4-3-5-7-19)27(23)20-8-13-24-25(16-20)34-15-14-33-24/h3-13,16,23,27H,2,14-15,17-18H2,1H3,(H,28,31)/t23-,27?,35?/m0/s1. The van der Waals surface area contributed by atoms with Crippen LogP contribution in [0, 0.1) is 0 Å². The van der Waals surface area contributed by atoms with Gasteiger partial charge in [0, 0.05) is 17.9 Å². The van der Waals surface area contributed by atoms with E-state index < -0.39 is 15.7 Å². The van der Waals surface area contributed by atoms with Crippen molar-refractivity contribution in [2.24, 2.45) is 0 Å². The van der Waals surface area contributed by atoms with Gasteiger partial charge in [0.05, 0.1) is 28.9 Å². The molecule has 3 aromatic rings. The van der Waals surface area contributed by atoms with Crippen molar-refractivity contribution in [1.29, 1.82) is 0 Å². The van der Waals surface area contributed by atoms with Crippen LogP contribution >= 0.6 is 0 Å². The molecule has 7 nitrogen and oxygen atoms in total. The second-order valence-corrected chi connectivity index (χ2v) is 10.7. The molecule has 0 aliphatic carbocycles. The van der Waals surface area contributed by atoms with E-state index in [4.69, 9.17) is 14.2 Å². The van der Waals surface area contributed by atoms with Gasteiger partial charge in [-0.2, -0.15) is 0 Å². The molecule has 2 unspecified atom stereocenters. The minimum atomic E-state index is -2.89. The summed E-state index contributed by atoms with van der Waals surface area (Å²) < 4.78 is 33.6. The van der Waals surface area contributed by atoms with E-state index in [9.17, 15) is 9.00 Å². The first-order valence-corrected chi connectivity index (χ1v) is 13.2. The summed E-state index contributed by atoms with van der Waals surface area (Å²) >= 11 is 0. The van der Waals surface area contributed by atoms with E-state index in [-0.39, 0.29) is 18.4 Å². The van der Waals surface area contributed by atoms with Crippen molar-refractivity contribution in [1.82, 2.24) is 9.62 Å². The average Bonchev–Trinajstić information content (AvgIpc) is 3.17. The maximum atomic E-state index is 13.7. The number of fused-ring (bicyclic) bond motifs is 1. The lowest BCUT2D eigenvalue weighted by Gasteiger charge is -2.31. The van der Waals surface area contributed by atoms with Crippen molar-refractivity contribution in [2.45, 2.75) is 29.9 Å². The van der Waals surface area contributed by atoms with Gasteiger partial charge in [-0.1, -0.05) is 36.4 Å². The lowest BCUT2D eigenvalue weighted by Crippen LogP contribution is -2.39. The third kappa shape index (κ3) is 4.85. The van der Waals surface area contributed by atoms with E-state index in [2.05, 4.69) is 10.6 Å². The number of hydrogen-bond acceptors (Lipinski definition) is 5. The molecule has 0 bridgehead atoms. The molecule has 2 heterocycles. The van der Waals surface area contributed by atoms with Gasteiger partial charge in [-0.25, -0.2) is 8.93 Å². The maximum Gasteiger partial charge on any atom is 0.225 e. The molecule has 182 valence electrons. The minimum absolute atomic E-state index is 0.0174. The summed E-state index contributed by atoms with van der Waals surface area (Å²) in [5.74, 6) is 5.98. The average molecular weight is 493 g/mol. The number of ether oxygens (including phenoxy) is 3. The zero-order valence-electron chi connectivity index (χ0n) is 19.5. The smallest absolute Gasteiger partial charge is 0.225 e. The van der Waals surface area contributed by atoms with Gasteiger partial charge in [-0.3, -0.25) is 4.79 Å². The van der Waals surface area contributed by atoms with Gasteiger partial charge >= 0.3 is 0 Å². The first-order valence-electron chi connectivity index (χ1n) is 11.5. The molecule has 1 amide bonds. The fraction of sp³-hybridized carbons (Fsp3) is 0.259. The molecule has 0 aromatic heterocycles. The van der Waals surface area contributed by atoms with Crippen LogP contribution in [0.15, 0.2) is 77.7 Å². The van der Waals surface area contributed by atoms with Crippen LogP contribution in [0.4, 0.5) is 0 Å². The Morgan fingerprint density at radius 2 is 1.74 bits per heavy atom. The third-order valence-corrected chi connectivity index (χ3v) is 8.03. The van der Waals surface area contributed by atoms with Crippen molar-refractivity contribution >= 4 is 21.5 Å². The fourth-order valence-corrected chi connectivity index (χ4v) is 6.04. The molecule has 0 saturated carbocycles. The van der Waals surface area contributed by atoms with Gasteiger partial charge in [0.25, 0.3) is 0 Å². The molecular weight excluding hydrogens is 464 g/mol. The molecule has 1 saturated heterocycles. The number of carbonyl (C=O) groups is 1. The molecule has 3 aromatic carbocycles. The van der Waals surface area contributed by atoms with E-state index >= 15 is 0 Å². The van der Waals surface area contributed by atoms with Crippen LogP contribution in [0.25, 0.3) is 0 Å². The highest BCUT2D eigenvalue weighted by atomic mass is 32.2. The molecule has 0 radical (unpaired) electrons. The summed E-state index contributed by atoms with van der Waals surface area (Å²) in [4.78, 5) is 15.7. The van der Waals surface area contributed by atoms with Gasteiger partial charge in [0.15, 0.2) is 11.5 Å². The fourth-order valence-electron chi connectivity index (χ4n) is 4.63. The number of carbonyl (C=O) groups excluding carboxylic acids is 1. The predicted octanol–water partition coefficient (Wildman–Crippen LogP) is 3.59. The molecule has 2 aliphatic heterocycles. The highest BCUT2D eigenvalue weighted by Gasteiger charge is 2.42. The molecule has 35 heavy (non-hydrogen) atoms. The molecule has 1 fully saturated rings. The van der Waals surface area contributed by atoms with Crippen LogP contribution in [-0.2, 0) is 21.0 Å². The predicted molar refractivity (Wildman–Crippen MR) is 135 cm³/mol. The van der Waals surface area contributed by atoms with E-state index in [1.54, 1.807) is 31.4 Å². The van der Waals surface area contributed by atoms with Gasteiger partial charge in [0.1, 0.15) is 19.0 Å². The Balaban J connectivity index is 1.49. The molecule has 0 spiro atoms. The Hall–Kier alpha value is -3.49. The maximum absolute atomic E-state index is 13.7. The Bertz CT molecular complexity index is 1310. The van der Waals surface area contributed by atoms with Crippen molar-refractivity contribution in [3.05, 3.63) is 83.9 Å². The SMILES string of the molecule is C=S(=O)(N[C@H]1CC(=O)N(Cc2ccccc2)C1c1ccc2c(c1)OCCO2)c1ccc(OC)cc1. The number of methoxy groups -OCH3 is 1. The third-order valence-electron chi connectivity index (χ3n) is 6.32. The zero-order valence-corrected chi connectivity index (χ0v) is 20.3.